The van der Waals surface area contributed by atoms with Crippen LogP contribution in [0.1, 0.15) is 11.3 Å². The van der Waals surface area contributed by atoms with Crippen LogP contribution in [-0.2, 0) is 9.84 Å². The van der Waals surface area contributed by atoms with Crippen LogP contribution >= 0.6 is 0 Å². The Labute approximate surface area is 134 Å². The zero-order valence-corrected chi connectivity index (χ0v) is 13.4. The zero-order chi connectivity index (χ0) is 16.6. The van der Waals surface area contributed by atoms with Crippen molar-refractivity contribution >= 4 is 20.7 Å². The van der Waals surface area contributed by atoms with Crippen LogP contribution in [0.4, 0.5) is 0 Å². The van der Waals surface area contributed by atoms with Crippen molar-refractivity contribution < 1.29 is 13.2 Å². The maximum absolute atomic E-state index is 11.5. The quantitative estimate of drug-likeness (QED) is 0.798. The van der Waals surface area contributed by atoms with Crippen molar-refractivity contribution in [2.45, 2.75) is 11.8 Å². The van der Waals surface area contributed by atoms with Gasteiger partial charge < -0.3 is 9.72 Å². The predicted molar refractivity (Wildman–Crippen MR) is 87.4 cm³/mol. The van der Waals surface area contributed by atoms with Gasteiger partial charge in [-0.2, -0.15) is 5.26 Å². The number of ether oxygens (including phenoxy) is 1. The fraction of sp³-hybridized carbons (Fsp3) is 0.118. The van der Waals surface area contributed by atoms with Crippen molar-refractivity contribution in [3.63, 3.8) is 0 Å². The first-order chi connectivity index (χ1) is 10.9. The van der Waals surface area contributed by atoms with Crippen LogP contribution < -0.4 is 4.74 Å². The van der Waals surface area contributed by atoms with Gasteiger partial charge in [0.05, 0.1) is 22.2 Å². The van der Waals surface area contributed by atoms with Crippen LogP contribution in [0.25, 0.3) is 10.9 Å². The molecule has 3 aromatic rings. The summed E-state index contributed by atoms with van der Waals surface area (Å²) >= 11 is 0. The zero-order valence-electron chi connectivity index (χ0n) is 12.6. The first kappa shape index (κ1) is 15.1. The number of aromatic amines is 1. The van der Waals surface area contributed by atoms with Gasteiger partial charge in [0.15, 0.2) is 15.6 Å². The second-order valence-electron chi connectivity index (χ2n) is 5.30. The summed E-state index contributed by atoms with van der Waals surface area (Å²) in [5, 5.41) is 9.85. The smallest absolute Gasteiger partial charge is 0.175 e. The van der Waals surface area contributed by atoms with E-state index >= 15 is 0 Å². The highest BCUT2D eigenvalue weighted by Gasteiger charge is 2.12. The number of aryl methyl sites for hydroxylation is 1. The van der Waals surface area contributed by atoms with Gasteiger partial charge in [-0.1, -0.05) is 0 Å². The monoisotopic (exact) mass is 326 g/mol. The fourth-order valence-corrected chi connectivity index (χ4v) is 3.01. The number of hydrogen-bond acceptors (Lipinski definition) is 4. The van der Waals surface area contributed by atoms with E-state index in [0.717, 1.165) is 22.9 Å². The molecule has 0 atom stereocenters. The van der Waals surface area contributed by atoms with Crippen molar-refractivity contribution in [3.05, 3.63) is 53.7 Å². The molecule has 116 valence electrons. The molecule has 0 aliphatic carbocycles. The number of nitriles is 1. The average molecular weight is 326 g/mol. The standard InChI is InChI=1S/C17H14N2O3S/c1-11-17(15-9-12(10-18)3-8-16(15)19-11)22-13-4-6-14(7-5-13)23(2,20)21/h3-9,19H,1-2H3. The van der Waals surface area contributed by atoms with Gasteiger partial charge in [-0.3, -0.25) is 0 Å². The molecule has 0 saturated heterocycles. The van der Waals surface area contributed by atoms with Gasteiger partial charge in [-0.15, -0.1) is 0 Å². The van der Waals surface area contributed by atoms with Crippen LogP contribution in [0, 0.1) is 18.3 Å². The van der Waals surface area contributed by atoms with Crippen LogP contribution in [0.15, 0.2) is 47.4 Å². The molecule has 1 heterocycles. The molecule has 1 aromatic heterocycles. The molecule has 5 nitrogen and oxygen atoms in total. The van der Waals surface area contributed by atoms with E-state index in [1.54, 1.807) is 24.3 Å². The highest BCUT2D eigenvalue weighted by atomic mass is 32.2. The van der Waals surface area contributed by atoms with Gasteiger partial charge in [-0.25, -0.2) is 8.42 Å². The molecular weight excluding hydrogens is 312 g/mol. The molecule has 0 spiro atoms. The molecule has 0 saturated carbocycles. The third-order valence-electron chi connectivity index (χ3n) is 3.53. The number of fused-ring (bicyclic) bond motifs is 1. The average Bonchev–Trinajstić information content (AvgIpc) is 2.82. The molecule has 2 aromatic carbocycles. The Morgan fingerprint density at radius 3 is 2.43 bits per heavy atom. The number of rotatable bonds is 3. The second kappa shape index (κ2) is 5.45. The summed E-state index contributed by atoms with van der Waals surface area (Å²) in [6.07, 6.45) is 1.16. The van der Waals surface area contributed by atoms with Gasteiger partial charge in [0.2, 0.25) is 0 Å². The van der Waals surface area contributed by atoms with E-state index in [1.807, 2.05) is 13.0 Å². The highest BCUT2D eigenvalue weighted by molar-refractivity contribution is 7.90. The number of benzene rings is 2. The van der Waals surface area contributed by atoms with Gasteiger partial charge in [0.25, 0.3) is 0 Å². The minimum atomic E-state index is -3.23. The van der Waals surface area contributed by atoms with Crippen molar-refractivity contribution in [1.29, 1.82) is 5.26 Å². The molecule has 1 N–H and O–H groups in total. The lowest BCUT2D eigenvalue weighted by Crippen LogP contribution is -1.96. The molecule has 0 amide bonds. The van der Waals surface area contributed by atoms with Crippen LogP contribution in [0.5, 0.6) is 11.5 Å². The third-order valence-corrected chi connectivity index (χ3v) is 4.66. The Morgan fingerprint density at radius 2 is 1.83 bits per heavy atom. The fourth-order valence-electron chi connectivity index (χ4n) is 2.38. The van der Waals surface area contributed by atoms with Crippen LogP contribution in [-0.4, -0.2) is 19.7 Å². The minimum absolute atomic E-state index is 0.243. The highest BCUT2D eigenvalue weighted by Crippen LogP contribution is 2.34. The van der Waals surface area contributed by atoms with E-state index in [0.29, 0.717) is 17.1 Å². The van der Waals surface area contributed by atoms with E-state index in [-0.39, 0.29) is 4.90 Å². The lowest BCUT2D eigenvalue weighted by atomic mass is 10.1. The first-order valence-electron chi connectivity index (χ1n) is 6.89. The molecule has 6 heteroatoms. The van der Waals surface area contributed by atoms with Crippen molar-refractivity contribution in [2.75, 3.05) is 6.26 Å². The van der Waals surface area contributed by atoms with Crippen molar-refractivity contribution in [3.8, 4) is 17.6 Å². The number of H-pyrrole nitrogens is 1. The van der Waals surface area contributed by atoms with Crippen molar-refractivity contribution in [2.24, 2.45) is 0 Å². The number of nitrogens with one attached hydrogen (secondary N) is 1. The summed E-state index contributed by atoms with van der Waals surface area (Å²) < 4.78 is 28.9. The SMILES string of the molecule is Cc1[nH]c2ccc(C#N)cc2c1Oc1ccc(S(C)(=O)=O)cc1. The minimum Gasteiger partial charge on any atom is -0.455 e. The summed E-state index contributed by atoms with van der Waals surface area (Å²) in [6.45, 7) is 1.88. The van der Waals surface area contributed by atoms with E-state index in [9.17, 15) is 8.42 Å². The lowest BCUT2D eigenvalue weighted by molar-refractivity contribution is 0.483. The summed E-state index contributed by atoms with van der Waals surface area (Å²) in [5.41, 5.74) is 2.26. The maximum Gasteiger partial charge on any atom is 0.175 e. The molecule has 0 bridgehead atoms. The Morgan fingerprint density at radius 1 is 1.13 bits per heavy atom. The molecule has 3 rings (SSSR count). The Bertz CT molecular complexity index is 1030. The predicted octanol–water partition coefficient (Wildman–Crippen LogP) is 3.54. The molecular formula is C17H14N2O3S. The van der Waals surface area contributed by atoms with Crippen LogP contribution in [0.2, 0.25) is 0 Å². The van der Waals surface area contributed by atoms with Crippen LogP contribution in [0.3, 0.4) is 0 Å². The molecule has 0 aliphatic rings. The molecule has 0 unspecified atom stereocenters. The largest absolute Gasteiger partial charge is 0.455 e. The number of aromatic nitrogens is 1. The van der Waals surface area contributed by atoms with Gasteiger partial charge >= 0.3 is 0 Å². The van der Waals surface area contributed by atoms with E-state index in [2.05, 4.69) is 11.1 Å². The van der Waals surface area contributed by atoms with Gasteiger partial charge in [-0.05, 0) is 49.4 Å². The number of nitrogens with zero attached hydrogens (tertiary/aromatic N) is 1. The third kappa shape index (κ3) is 2.91. The Balaban J connectivity index is 2.01. The number of hydrogen-bond donors (Lipinski definition) is 1. The summed E-state index contributed by atoms with van der Waals surface area (Å²) in [7, 11) is -3.23. The molecule has 0 fully saturated rings. The van der Waals surface area contributed by atoms with Gasteiger partial charge in [0, 0.05) is 17.2 Å². The topological polar surface area (TPSA) is 82.9 Å². The lowest BCUT2D eigenvalue weighted by Gasteiger charge is -2.07. The Hall–Kier alpha value is -2.78. The molecule has 0 radical (unpaired) electrons. The summed E-state index contributed by atoms with van der Waals surface area (Å²) in [6, 6.07) is 13.7. The molecule has 0 aliphatic heterocycles. The second-order valence-corrected chi connectivity index (χ2v) is 7.31. The Kier molecular flexibility index (Phi) is 3.58. The van der Waals surface area contributed by atoms with Gasteiger partial charge in [0.1, 0.15) is 5.75 Å². The van der Waals surface area contributed by atoms with Crippen molar-refractivity contribution in [1.82, 2.24) is 4.98 Å². The molecule has 23 heavy (non-hydrogen) atoms. The first-order valence-corrected chi connectivity index (χ1v) is 8.78. The van der Waals surface area contributed by atoms with E-state index < -0.39 is 9.84 Å². The summed E-state index contributed by atoms with van der Waals surface area (Å²) in [5.74, 6) is 1.16. The van der Waals surface area contributed by atoms with E-state index in [4.69, 9.17) is 10.00 Å². The van der Waals surface area contributed by atoms with E-state index in [1.165, 1.54) is 12.1 Å². The maximum atomic E-state index is 11.5. The summed E-state index contributed by atoms with van der Waals surface area (Å²) in [4.78, 5) is 3.45. The number of sulfone groups is 1. The normalized spacial score (nSPS) is 11.3.